The molecule has 5 heteroatoms. The number of ether oxygens (including phenoxy) is 2. The fourth-order valence-electron chi connectivity index (χ4n) is 2.01. The van der Waals surface area contributed by atoms with Crippen LogP contribution in [0.2, 0.25) is 5.02 Å². The van der Waals surface area contributed by atoms with Gasteiger partial charge in [-0.2, -0.15) is 0 Å². The quantitative estimate of drug-likeness (QED) is 0.932. The first-order chi connectivity index (χ1) is 9.72. The predicted molar refractivity (Wildman–Crippen MR) is 76.2 cm³/mol. The van der Waals surface area contributed by atoms with E-state index in [2.05, 4.69) is 5.32 Å². The lowest BCUT2D eigenvalue weighted by atomic mass is 10.2. The first kappa shape index (κ1) is 13.1. The molecule has 3 nitrogen and oxygen atoms in total. The molecule has 1 aliphatic rings. The van der Waals surface area contributed by atoms with E-state index in [-0.39, 0.29) is 5.02 Å². The highest BCUT2D eigenvalue weighted by Crippen LogP contribution is 2.31. The first-order valence-electron chi connectivity index (χ1n) is 6.30. The molecule has 3 rings (SSSR count). The van der Waals surface area contributed by atoms with Gasteiger partial charge in [-0.3, -0.25) is 0 Å². The molecule has 0 unspecified atom stereocenters. The van der Waals surface area contributed by atoms with Crippen molar-refractivity contribution in [2.75, 3.05) is 18.5 Å². The number of benzene rings is 2. The van der Waals surface area contributed by atoms with Crippen LogP contribution in [0.4, 0.5) is 10.1 Å². The van der Waals surface area contributed by atoms with E-state index in [0.29, 0.717) is 25.4 Å². The SMILES string of the molecule is Fc1cc(NCc2ccc3c(c2)OCCO3)ccc1Cl. The van der Waals surface area contributed by atoms with Crippen molar-refractivity contribution in [3.63, 3.8) is 0 Å². The van der Waals surface area contributed by atoms with Gasteiger partial charge in [0, 0.05) is 12.2 Å². The van der Waals surface area contributed by atoms with E-state index in [9.17, 15) is 4.39 Å². The van der Waals surface area contributed by atoms with Gasteiger partial charge < -0.3 is 14.8 Å². The van der Waals surface area contributed by atoms with Crippen LogP contribution in [0.15, 0.2) is 36.4 Å². The maximum Gasteiger partial charge on any atom is 0.161 e. The molecule has 2 aromatic carbocycles. The van der Waals surface area contributed by atoms with Gasteiger partial charge in [0.15, 0.2) is 11.5 Å². The van der Waals surface area contributed by atoms with Crippen molar-refractivity contribution in [1.82, 2.24) is 0 Å². The fraction of sp³-hybridized carbons (Fsp3) is 0.200. The fourth-order valence-corrected chi connectivity index (χ4v) is 2.13. The Kier molecular flexibility index (Phi) is 3.65. The summed E-state index contributed by atoms with van der Waals surface area (Å²) in [6, 6.07) is 10.4. The molecule has 0 aliphatic carbocycles. The first-order valence-corrected chi connectivity index (χ1v) is 6.67. The van der Waals surface area contributed by atoms with Gasteiger partial charge in [0.25, 0.3) is 0 Å². The second-order valence-electron chi connectivity index (χ2n) is 4.46. The molecule has 0 radical (unpaired) electrons. The van der Waals surface area contributed by atoms with E-state index in [4.69, 9.17) is 21.1 Å². The molecule has 0 atom stereocenters. The molecule has 0 spiro atoms. The lowest BCUT2D eigenvalue weighted by Crippen LogP contribution is -2.15. The van der Waals surface area contributed by atoms with Crippen LogP contribution in [0.3, 0.4) is 0 Å². The molecule has 2 aromatic rings. The van der Waals surface area contributed by atoms with Crippen LogP contribution >= 0.6 is 11.6 Å². The number of hydrogen-bond donors (Lipinski definition) is 1. The Balaban J connectivity index is 1.70. The van der Waals surface area contributed by atoms with Crippen molar-refractivity contribution in [3.8, 4) is 11.5 Å². The molecule has 104 valence electrons. The van der Waals surface area contributed by atoms with Gasteiger partial charge in [0.2, 0.25) is 0 Å². The molecule has 0 bridgehead atoms. The molecular formula is C15H13ClFNO2. The Morgan fingerprint density at radius 1 is 1.05 bits per heavy atom. The number of rotatable bonds is 3. The average molecular weight is 294 g/mol. The van der Waals surface area contributed by atoms with Crippen molar-refractivity contribution in [2.24, 2.45) is 0 Å². The number of halogens is 2. The summed E-state index contributed by atoms with van der Waals surface area (Å²) in [6.45, 7) is 1.71. The zero-order chi connectivity index (χ0) is 13.9. The normalized spacial score (nSPS) is 13.1. The summed E-state index contributed by atoms with van der Waals surface area (Å²) in [5.41, 5.74) is 1.71. The van der Waals surface area contributed by atoms with Crippen LogP contribution in [0.25, 0.3) is 0 Å². The van der Waals surface area contributed by atoms with Gasteiger partial charge in [-0.1, -0.05) is 17.7 Å². The Bertz CT molecular complexity index is 633. The zero-order valence-corrected chi connectivity index (χ0v) is 11.4. The Hall–Kier alpha value is -1.94. The summed E-state index contributed by atoms with van der Waals surface area (Å²) >= 11 is 5.64. The van der Waals surface area contributed by atoms with Crippen LogP contribution < -0.4 is 14.8 Å². The summed E-state index contributed by atoms with van der Waals surface area (Å²) in [5, 5.41) is 3.26. The summed E-state index contributed by atoms with van der Waals surface area (Å²) in [6.07, 6.45) is 0. The molecule has 0 aromatic heterocycles. The largest absolute Gasteiger partial charge is 0.486 e. The van der Waals surface area contributed by atoms with Gasteiger partial charge in [0.05, 0.1) is 5.02 Å². The van der Waals surface area contributed by atoms with Crippen molar-refractivity contribution < 1.29 is 13.9 Å². The van der Waals surface area contributed by atoms with Gasteiger partial charge in [0.1, 0.15) is 19.0 Å². The molecule has 1 heterocycles. The topological polar surface area (TPSA) is 30.5 Å². The summed E-state index contributed by atoms with van der Waals surface area (Å²) in [5.74, 6) is 1.08. The smallest absolute Gasteiger partial charge is 0.161 e. The maximum atomic E-state index is 13.3. The van der Waals surface area contributed by atoms with E-state index in [0.717, 1.165) is 17.1 Å². The van der Waals surface area contributed by atoms with Crippen molar-refractivity contribution in [3.05, 3.63) is 52.8 Å². The van der Waals surface area contributed by atoms with Crippen molar-refractivity contribution in [1.29, 1.82) is 0 Å². The van der Waals surface area contributed by atoms with Crippen molar-refractivity contribution in [2.45, 2.75) is 6.54 Å². The predicted octanol–water partition coefficient (Wildman–Crippen LogP) is 3.86. The van der Waals surface area contributed by atoms with Crippen LogP contribution in [0, 0.1) is 5.82 Å². The lowest BCUT2D eigenvalue weighted by molar-refractivity contribution is 0.171. The number of hydrogen-bond acceptors (Lipinski definition) is 3. The third kappa shape index (κ3) is 2.80. The second kappa shape index (κ2) is 5.59. The molecule has 0 fully saturated rings. The van der Waals surface area contributed by atoms with Gasteiger partial charge in [-0.25, -0.2) is 4.39 Å². The third-order valence-electron chi connectivity index (χ3n) is 3.02. The minimum Gasteiger partial charge on any atom is -0.486 e. The van der Waals surface area contributed by atoms with Gasteiger partial charge in [-0.05, 0) is 35.9 Å². The molecule has 0 saturated carbocycles. The number of anilines is 1. The van der Waals surface area contributed by atoms with E-state index in [1.54, 1.807) is 6.07 Å². The Morgan fingerprint density at radius 3 is 2.65 bits per heavy atom. The van der Waals surface area contributed by atoms with E-state index < -0.39 is 5.82 Å². The van der Waals surface area contributed by atoms with Crippen LogP contribution in [-0.4, -0.2) is 13.2 Å². The molecule has 0 amide bonds. The summed E-state index contributed by atoms with van der Waals surface area (Å²) < 4.78 is 24.3. The third-order valence-corrected chi connectivity index (χ3v) is 3.33. The van der Waals surface area contributed by atoms with Crippen LogP contribution in [0.5, 0.6) is 11.5 Å². The lowest BCUT2D eigenvalue weighted by Gasteiger charge is -2.19. The molecule has 1 N–H and O–H groups in total. The number of fused-ring (bicyclic) bond motifs is 1. The number of nitrogens with one attached hydrogen (secondary N) is 1. The monoisotopic (exact) mass is 293 g/mol. The van der Waals surface area contributed by atoms with Gasteiger partial charge in [-0.15, -0.1) is 0 Å². The molecule has 20 heavy (non-hydrogen) atoms. The highest BCUT2D eigenvalue weighted by molar-refractivity contribution is 6.30. The molecule has 0 saturated heterocycles. The highest BCUT2D eigenvalue weighted by Gasteiger charge is 2.11. The molecule has 1 aliphatic heterocycles. The minimum atomic E-state index is -0.432. The maximum absolute atomic E-state index is 13.3. The summed E-state index contributed by atoms with van der Waals surface area (Å²) in [4.78, 5) is 0. The zero-order valence-electron chi connectivity index (χ0n) is 10.7. The molecular weight excluding hydrogens is 281 g/mol. The van der Waals surface area contributed by atoms with Crippen LogP contribution in [0.1, 0.15) is 5.56 Å². The Labute approximate surface area is 121 Å². The van der Waals surface area contributed by atoms with E-state index >= 15 is 0 Å². The minimum absolute atomic E-state index is 0.120. The van der Waals surface area contributed by atoms with Crippen molar-refractivity contribution >= 4 is 17.3 Å². The van der Waals surface area contributed by atoms with Gasteiger partial charge >= 0.3 is 0 Å². The standard InChI is InChI=1S/C15H13ClFNO2/c16-12-3-2-11(8-13(12)17)18-9-10-1-4-14-15(7-10)20-6-5-19-14/h1-4,7-8,18H,5-6,9H2. The Morgan fingerprint density at radius 2 is 1.85 bits per heavy atom. The van der Waals surface area contributed by atoms with Crippen LogP contribution in [-0.2, 0) is 6.54 Å². The van der Waals surface area contributed by atoms with E-state index in [1.165, 1.54) is 12.1 Å². The second-order valence-corrected chi connectivity index (χ2v) is 4.87. The average Bonchev–Trinajstić information content (AvgIpc) is 2.48. The van der Waals surface area contributed by atoms with E-state index in [1.807, 2.05) is 18.2 Å². The summed E-state index contributed by atoms with van der Waals surface area (Å²) in [7, 11) is 0. The highest BCUT2D eigenvalue weighted by atomic mass is 35.5.